The molecular weight excluding hydrogens is 543 g/mol. The van der Waals surface area contributed by atoms with E-state index >= 15 is 0 Å². The summed E-state index contributed by atoms with van der Waals surface area (Å²) in [4.78, 5) is 30.4. The van der Waals surface area contributed by atoms with Gasteiger partial charge in [-0.05, 0) is 68.1 Å². The summed E-state index contributed by atoms with van der Waals surface area (Å²) in [7, 11) is 1.99. The van der Waals surface area contributed by atoms with E-state index in [2.05, 4.69) is 15.5 Å². The number of nitrogens with zero attached hydrogens (tertiary/aromatic N) is 2. The molecular formula is C31H35FN4O6. The van der Waals surface area contributed by atoms with Crippen LogP contribution in [0.4, 0.5) is 20.6 Å². The van der Waals surface area contributed by atoms with E-state index in [-0.39, 0.29) is 42.6 Å². The van der Waals surface area contributed by atoms with E-state index in [1.54, 1.807) is 30.0 Å². The van der Waals surface area contributed by atoms with Gasteiger partial charge in [0.15, 0.2) is 17.2 Å². The number of fused-ring (bicyclic) bond motifs is 2. The molecule has 2 heterocycles. The molecule has 2 aliphatic rings. The highest BCUT2D eigenvalue weighted by Crippen LogP contribution is 2.36. The molecule has 3 N–H and O–H groups in total. The first kappa shape index (κ1) is 29.2. The Balaban J connectivity index is 1.40. The molecule has 0 spiro atoms. The van der Waals surface area contributed by atoms with Gasteiger partial charge in [-0.3, -0.25) is 9.69 Å². The first-order valence-electron chi connectivity index (χ1n) is 13.8. The topological polar surface area (TPSA) is 113 Å². The molecule has 0 radical (unpaired) electrons. The normalized spacial score (nSPS) is 18.5. The second kappa shape index (κ2) is 12.7. The maximum absolute atomic E-state index is 13.7. The molecule has 0 unspecified atom stereocenters. The standard InChI is InChI=1S/C31H35FN4O6/c1-19-14-36(20(2)17-37)30(38)24-5-4-6-25(34-31(39)33-23-10-8-22(32)9-11-23)29(24)42-28(19)16-35(3)15-21-7-12-26-27(13-21)41-18-40-26/h4-13,19-20,28,37H,14-18H2,1-3H3,(H2,33,34,39)/t19-,20-,28+/m0/s1. The Bertz CT molecular complexity index is 1440. The number of halogens is 1. The number of likely N-dealkylation sites (N-methyl/N-ethyl adjacent to an activating group) is 1. The highest BCUT2D eigenvalue weighted by atomic mass is 19.1. The molecule has 0 saturated heterocycles. The van der Waals surface area contributed by atoms with Crippen molar-refractivity contribution < 1.29 is 33.3 Å². The molecule has 3 aromatic rings. The predicted octanol–water partition coefficient (Wildman–Crippen LogP) is 4.55. The van der Waals surface area contributed by atoms with Crippen molar-refractivity contribution in [3.63, 3.8) is 0 Å². The summed E-state index contributed by atoms with van der Waals surface area (Å²) in [5.41, 5.74) is 2.05. The number of amides is 3. The fourth-order valence-electron chi connectivity index (χ4n) is 5.10. The number of hydrogen-bond donors (Lipinski definition) is 3. The number of aliphatic hydroxyl groups excluding tert-OH is 1. The molecule has 5 rings (SSSR count). The maximum Gasteiger partial charge on any atom is 0.323 e. The van der Waals surface area contributed by atoms with Crippen LogP contribution < -0.4 is 24.8 Å². The average molecular weight is 579 g/mol. The van der Waals surface area contributed by atoms with Crippen LogP contribution in [0.25, 0.3) is 0 Å². The van der Waals surface area contributed by atoms with Gasteiger partial charge in [-0.25, -0.2) is 9.18 Å². The highest BCUT2D eigenvalue weighted by molar-refractivity contribution is 6.04. The number of nitrogens with one attached hydrogen (secondary N) is 2. The molecule has 10 nitrogen and oxygen atoms in total. The Morgan fingerprint density at radius 3 is 2.64 bits per heavy atom. The molecule has 11 heteroatoms. The van der Waals surface area contributed by atoms with Crippen molar-refractivity contribution in [3.8, 4) is 17.2 Å². The third-order valence-electron chi connectivity index (χ3n) is 7.42. The number of urea groups is 1. The van der Waals surface area contributed by atoms with Gasteiger partial charge in [0.1, 0.15) is 11.9 Å². The lowest BCUT2D eigenvalue weighted by atomic mass is 9.99. The molecule has 3 aromatic carbocycles. The number of benzene rings is 3. The minimum atomic E-state index is -0.571. The van der Waals surface area contributed by atoms with Crippen molar-refractivity contribution >= 4 is 23.3 Å². The second-order valence-corrected chi connectivity index (χ2v) is 10.8. The van der Waals surface area contributed by atoms with Crippen LogP contribution >= 0.6 is 0 Å². The van der Waals surface area contributed by atoms with Crippen molar-refractivity contribution in [3.05, 3.63) is 77.6 Å². The largest absolute Gasteiger partial charge is 0.486 e. The number of carbonyl (C=O) groups is 2. The van der Waals surface area contributed by atoms with Crippen molar-refractivity contribution in [2.24, 2.45) is 5.92 Å². The van der Waals surface area contributed by atoms with Crippen LogP contribution in [0.1, 0.15) is 29.8 Å². The molecule has 3 atom stereocenters. The van der Waals surface area contributed by atoms with Crippen molar-refractivity contribution in [1.82, 2.24) is 9.80 Å². The van der Waals surface area contributed by atoms with Crippen molar-refractivity contribution in [2.45, 2.75) is 32.5 Å². The number of aliphatic hydroxyl groups is 1. The summed E-state index contributed by atoms with van der Waals surface area (Å²) in [6.07, 6.45) is -0.368. The summed E-state index contributed by atoms with van der Waals surface area (Å²) in [5, 5.41) is 15.4. The number of carbonyl (C=O) groups excluding carboxylic acids is 2. The summed E-state index contributed by atoms with van der Waals surface area (Å²) in [6.45, 7) is 5.33. The Kier molecular flexibility index (Phi) is 8.79. The number of para-hydroxylation sites is 1. The molecule has 0 saturated carbocycles. The lowest BCUT2D eigenvalue weighted by molar-refractivity contribution is 0.0343. The smallest absolute Gasteiger partial charge is 0.323 e. The summed E-state index contributed by atoms with van der Waals surface area (Å²) in [5.74, 6) is 0.862. The minimum Gasteiger partial charge on any atom is -0.486 e. The van der Waals surface area contributed by atoms with Crippen LogP contribution in [0.5, 0.6) is 17.2 Å². The molecule has 0 bridgehead atoms. The van der Waals surface area contributed by atoms with Gasteiger partial charge in [-0.15, -0.1) is 0 Å². The van der Waals surface area contributed by atoms with Crippen LogP contribution in [0.3, 0.4) is 0 Å². The average Bonchev–Trinajstić information content (AvgIpc) is 3.44. The summed E-state index contributed by atoms with van der Waals surface area (Å²) >= 11 is 0. The van der Waals surface area contributed by atoms with E-state index in [9.17, 15) is 19.1 Å². The Morgan fingerprint density at radius 2 is 1.88 bits per heavy atom. The van der Waals surface area contributed by atoms with Crippen LogP contribution in [-0.2, 0) is 6.54 Å². The number of hydrogen-bond acceptors (Lipinski definition) is 7. The van der Waals surface area contributed by atoms with Crippen LogP contribution in [0.2, 0.25) is 0 Å². The lowest BCUT2D eigenvalue weighted by Gasteiger charge is -2.38. The van der Waals surface area contributed by atoms with E-state index < -0.39 is 17.9 Å². The predicted molar refractivity (Wildman–Crippen MR) is 156 cm³/mol. The molecule has 3 amide bonds. The summed E-state index contributed by atoms with van der Waals surface area (Å²) in [6, 6.07) is 15.2. The number of anilines is 2. The first-order chi connectivity index (χ1) is 20.2. The zero-order chi connectivity index (χ0) is 29.8. The lowest BCUT2D eigenvalue weighted by Crippen LogP contribution is -2.49. The van der Waals surface area contributed by atoms with Crippen molar-refractivity contribution in [2.75, 3.05) is 44.2 Å². The van der Waals surface area contributed by atoms with Crippen LogP contribution in [0.15, 0.2) is 60.7 Å². The Hall–Kier alpha value is -4.35. The molecule has 2 aliphatic heterocycles. The second-order valence-electron chi connectivity index (χ2n) is 10.8. The molecule has 0 aromatic heterocycles. The van der Waals surface area contributed by atoms with E-state index in [1.807, 2.05) is 32.2 Å². The molecule has 222 valence electrons. The molecule has 42 heavy (non-hydrogen) atoms. The van der Waals surface area contributed by atoms with Gasteiger partial charge in [0.2, 0.25) is 6.79 Å². The maximum atomic E-state index is 13.7. The van der Waals surface area contributed by atoms with E-state index in [1.165, 1.54) is 24.3 Å². The number of ether oxygens (including phenoxy) is 3. The molecule has 0 aliphatic carbocycles. The zero-order valence-electron chi connectivity index (χ0n) is 23.8. The monoisotopic (exact) mass is 578 g/mol. The first-order valence-corrected chi connectivity index (χ1v) is 13.8. The fourth-order valence-corrected chi connectivity index (χ4v) is 5.10. The molecule has 0 fully saturated rings. The van der Waals surface area contributed by atoms with Gasteiger partial charge < -0.3 is 34.9 Å². The van der Waals surface area contributed by atoms with Gasteiger partial charge in [0.25, 0.3) is 5.91 Å². The van der Waals surface area contributed by atoms with E-state index in [0.717, 1.165) is 11.3 Å². The van der Waals surface area contributed by atoms with Gasteiger partial charge in [-0.1, -0.05) is 19.1 Å². The van der Waals surface area contributed by atoms with Crippen LogP contribution in [0, 0.1) is 11.7 Å². The highest BCUT2D eigenvalue weighted by Gasteiger charge is 2.34. The van der Waals surface area contributed by atoms with Gasteiger partial charge >= 0.3 is 6.03 Å². The minimum absolute atomic E-state index is 0.114. The van der Waals surface area contributed by atoms with E-state index in [4.69, 9.17) is 14.2 Å². The quantitative estimate of drug-likeness (QED) is 0.360. The number of rotatable bonds is 8. The Labute approximate surface area is 244 Å². The third-order valence-corrected chi connectivity index (χ3v) is 7.42. The third kappa shape index (κ3) is 6.58. The fraction of sp³-hybridized carbons (Fsp3) is 0.355. The SMILES string of the molecule is C[C@H]1CN([C@@H](C)CO)C(=O)c2cccc(NC(=O)Nc3ccc(F)cc3)c2O[C@@H]1CN(C)Cc1ccc2c(c1)OCO2. The Morgan fingerprint density at radius 1 is 1.12 bits per heavy atom. The van der Waals surface area contributed by atoms with Gasteiger partial charge in [0, 0.05) is 31.2 Å². The van der Waals surface area contributed by atoms with Crippen LogP contribution in [-0.4, -0.2) is 72.5 Å². The van der Waals surface area contributed by atoms with E-state index in [0.29, 0.717) is 36.8 Å². The summed E-state index contributed by atoms with van der Waals surface area (Å²) < 4.78 is 30.8. The van der Waals surface area contributed by atoms with Crippen molar-refractivity contribution in [1.29, 1.82) is 0 Å². The van der Waals surface area contributed by atoms with Gasteiger partial charge in [0.05, 0.1) is 23.9 Å². The van der Waals surface area contributed by atoms with Gasteiger partial charge in [-0.2, -0.15) is 0 Å². The zero-order valence-corrected chi connectivity index (χ0v) is 23.8.